The van der Waals surface area contributed by atoms with Crippen molar-refractivity contribution in [1.29, 1.82) is 0 Å². The van der Waals surface area contributed by atoms with E-state index in [2.05, 4.69) is 53.5 Å². The highest BCUT2D eigenvalue weighted by molar-refractivity contribution is 5.96. The molecule has 0 amide bonds. The molecule has 0 spiro atoms. The average Bonchev–Trinajstić information content (AvgIpc) is 2.75. The number of hydrogen-bond acceptors (Lipinski definition) is 2. The summed E-state index contributed by atoms with van der Waals surface area (Å²) < 4.78 is 0.870. The third-order valence-electron chi connectivity index (χ3n) is 4.44. The maximum atomic E-state index is 11.1. The molecule has 0 aliphatic heterocycles. The van der Waals surface area contributed by atoms with Gasteiger partial charge in [-0.15, -0.1) is 0 Å². The lowest BCUT2D eigenvalue weighted by atomic mass is 10.00. The lowest BCUT2D eigenvalue weighted by Crippen LogP contribution is -2.25. The number of pyridine rings is 2. The Labute approximate surface area is 157 Å². The third kappa shape index (κ3) is 3.62. The second kappa shape index (κ2) is 7.67. The number of hydrogen-bond donors (Lipinski definition) is 0. The highest BCUT2D eigenvalue weighted by Gasteiger charge is 2.02. The van der Waals surface area contributed by atoms with Gasteiger partial charge in [-0.1, -0.05) is 60.7 Å². The van der Waals surface area contributed by atoms with E-state index in [1.165, 1.54) is 28.1 Å². The van der Waals surface area contributed by atoms with Crippen LogP contribution in [0.15, 0.2) is 110 Å². The van der Waals surface area contributed by atoms with Crippen LogP contribution in [0, 0.1) is 5.21 Å². The minimum absolute atomic E-state index is 0.718. The van der Waals surface area contributed by atoms with Gasteiger partial charge < -0.3 is 5.21 Å². The van der Waals surface area contributed by atoms with Crippen LogP contribution in [0.1, 0.15) is 0 Å². The van der Waals surface area contributed by atoms with Crippen LogP contribution >= 0.6 is 0 Å². The fourth-order valence-electron chi connectivity index (χ4n) is 3.13. The van der Waals surface area contributed by atoms with E-state index in [0.29, 0.717) is 0 Å². The maximum absolute atomic E-state index is 11.1. The Bertz CT molecular complexity index is 1180. The van der Waals surface area contributed by atoms with E-state index in [0.717, 1.165) is 15.6 Å². The molecular formula is C24H18N2O. The van der Waals surface area contributed by atoms with Crippen LogP contribution in [0.25, 0.3) is 32.8 Å². The molecule has 5 aromatic rings. The monoisotopic (exact) mass is 350 g/mol. The molecule has 0 saturated carbocycles. The molecule has 0 N–H and O–H groups in total. The first-order valence-electron chi connectivity index (χ1n) is 8.78. The van der Waals surface area contributed by atoms with E-state index in [4.69, 9.17) is 0 Å². The van der Waals surface area contributed by atoms with E-state index < -0.39 is 0 Å². The van der Waals surface area contributed by atoms with Gasteiger partial charge in [-0.3, -0.25) is 4.98 Å². The number of fused-ring (bicyclic) bond motifs is 2. The summed E-state index contributed by atoms with van der Waals surface area (Å²) in [5, 5.41) is 14.5. The molecule has 0 bridgehead atoms. The summed E-state index contributed by atoms with van der Waals surface area (Å²) in [5.41, 5.74) is 3.23. The summed E-state index contributed by atoms with van der Waals surface area (Å²) in [7, 11) is 0. The Morgan fingerprint density at radius 3 is 2.26 bits per heavy atom. The summed E-state index contributed by atoms with van der Waals surface area (Å²) in [6, 6.07) is 30.0. The van der Waals surface area contributed by atoms with E-state index in [9.17, 15) is 5.21 Å². The van der Waals surface area contributed by atoms with Crippen LogP contribution in [0.5, 0.6) is 0 Å². The average molecular weight is 350 g/mol. The molecule has 0 radical (unpaired) electrons. The molecule has 2 aromatic heterocycles. The molecule has 130 valence electrons. The van der Waals surface area contributed by atoms with Crippen molar-refractivity contribution in [2.24, 2.45) is 0 Å². The van der Waals surface area contributed by atoms with Crippen molar-refractivity contribution in [3.8, 4) is 11.1 Å². The van der Waals surface area contributed by atoms with Gasteiger partial charge in [-0.05, 0) is 34.7 Å². The van der Waals surface area contributed by atoms with Crippen LogP contribution in [0.4, 0.5) is 0 Å². The Balaban J connectivity index is 0.000000143. The molecule has 0 fully saturated rings. The molecule has 0 unspecified atom stereocenters. The third-order valence-corrected chi connectivity index (χ3v) is 4.44. The number of rotatable bonds is 1. The fourth-order valence-corrected chi connectivity index (χ4v) is 3.13. The lowest BCUT2D eigenvalue weighted by molar-refractivity contribution is -0.577. The smallest absolute Gasteiger partial charge is 0.223 e. The normalized spacial score (nSPS) is 10.4. The van der Waals surface area contributed by atoms with E-state index >= 15 is 0 Å². The van der Waals surface area contributed by atoms with Crippen molar-refractivity contribution in [3.63, 3.8) is 0 Å². The molecule has 0 aliphatic rings. The first-order chi connectivity index (χ1) is 13.3. The molecule has 3 heteroatoms. The highest BCUT2D eigenvalue weighted by atomic mass is 16.5. The molecule has 2 heterocycles. The molecule has 3 aromatic carbocycles. The molecule has 5 rings (SSSR count). The van der Waals surface area contributed by atoms with Crippen molar-refractivity contribution in [2.75, 3.05) is 0 Å². The number of nitrogens with zero attached hydrogens (tertiary/aromatic N) is 2. The van der Waals surface area contributed by atoms with Gasteiger partial charge in [0.25, 0.3) is 0 Å². The summed E-state index contributed by atoms with van der Waals surface area (Å²) in [6.07, 6.45) is 5.25. The van der Waals surface area contributed by atoms with Crippen molar-refractivity contribution >= 4 is 21.7 Å². The minimum atomic E-state index is 0.718. The van der Waals surface area contributed by atoms with Crippen molar-refractivity contribution in [2.45, 2.75) is 0 Å². The molecule has 3 nitrogen and oxygen atoms in total. The van der Waals surface area contributed by atoms with Gasteiger partial charge in [0.15, 0.2) is 6.20 Å². The summed E-state index contributed by atoms with van der Waals surface area (Å²) in [6.45, 7) is 0. The van der Waals surface area contributed by atoms with Gasteiger partial charge in [-0.25, -0.2) is 0 Å². The van der Waals surface area contributed by atoms with E-state index in [1.54, 1.807) is 6.07 Å². The van der Waals surface area contributed by atoms with Crippen molar-refractivity contribution in [3.05, 3.63) is 115 Å². The Morgan fingerprint density at radius 2 is 1.41 bits per heavy atom. The predicted octanol–water partition coefficient (Wildman–Crippen LogP) is 5.38. The number of benzene rings is 3. The quantitative estimate of drug-likeness (QED) is 0.301. The number of aromatic nitrogens is 2. The van der Waals surface area contributed by atoms with Crippen molar-refractivity contribution in [1.82, 2.24) is 4.98 Å². The maximum Gasteiger partial charge on any atom is 0.223 e. The standard InChI is InChI=1S/C15H11N.C9H7NO/c1-2-5-12(6-3-1)14-8-4-7-13-11-16-10-9-15(13)14;11-10-7-3-5-8-4-1-2-6-9(8)10/h1-11H;1-7H. The van der Waals surface area contributed by atoms with Gasteiger partial charge in [0.2, 0.25) is 5.52 Å². The van der Waals surface area contributed by atoms with Crippen LogP contribution in [-0.4, -0.2) is 4.98 Å². The zero-order valence-electron chi connectivity index (χ0n) is 14.7. The van der Waals surface area contributed by atoms with Crippen LogP contribution < -0.4 is 4.73 Å². The van der Waals surface area contributed by atoms with E-state index in [-0.39, 0.29) is 0 Å². The molecule has 27 heavy (non-hydrogen) atoms. The zero-order chi connectivity index (χ0) is 18.5. The van der Waals surface area contributed by atoms with Gasteiger partial charge in [0.05, 0.1) is 0 Å². The van der Waals surface area contributed by atoms with Crippen molar-refractivity contribution < 1.29 is 4.73 Å². The number of para-hydroxylation sites is 1. The van der Waals surface area contributed by atoms with E-state index in [1.807, 2.05) is 48.8 Å². The van der Waals surface area contributed by atoms with Gasteiger partial charge in [0, 0.05) is 35.3 Å². The molecule has 0 aliphatic carbocycles. The highest BCUT2D eigenvalue weighted by Crippen LogP contribution is 2.27. The molecule has 0 atom stereocenters. The molecular weight excluding hydrogens is 332 g/mol. The Kier molecular flexibility index (Phi) is 4.75. The summed E-state index contributed by atoms with van der Waals surface area (Å²) in [5.74, 6) is 0. The first kappa shape index (κ1) is 16.7. The second-order valence-corrected chi connectivity index (χ2v) is 6.16. The topological polar surface area (TPSA) is 39.8 Å². The van der Waals surface area contributed by atoms with Crippen LogP contribution in [0.3, 0.4) is 0 Å². The van der Waals surface area contributed by atoms with Gasteiger partial charge in [0.1, 0.15) is 0 Å². The lowest BCUT2D eigenvalue weighted by Gasteiger charge is -2.05. The fraction of sp³-hybridized carbons (Fsp3) is 0. The second-order valence-electron chi connectivity index (χ2n) is 6.16. The SMILES string of the molecule is [O-][n+]1cccc2ccccc21.c1ccc(-c2cccc3cnccc23)cc1. The predicted molar refractivity (Wildman–Crippen MR) is 110 cm³/mol. The largest absolute Gasteiger partial charge is 0.618 e. The minimum Gasteiger partial charge on any atom is -0.618 e. The molecule has 0 saturated heterocycles. The van der Waals surface area contributed by atoms with Gasteiger partial charge >= 0.3 is 0 Å². The van der Waals surface area contributed by atoms with Crippen LogP contribution in [0.2, 0.25) is 0 Å². The Morgan fingerprint density at radius 1 is 0.667 bits per heavy atom. The summed E-state index contributed by atoms with van der Waals surface area (Å²) >= 11 is 0. The van der Waals surface area contributed by atoms with Crippen LogP contribution in [-0.2, 0) is 0 Å². The zero-order valence-corrected chi connectivity index (χ0v) is 14.7. The first-order valence-corrected chi connectivity index (χ1v) is 8.78. The summed E-state index contributed by atoms with van der Waals surface area (Å²) in [4.78, 5) is 4.15. The van der Waals surface area contributed by atoms with Gasteiger partial charge in [-0.2, -0.15) is 4.73 Å². The Hall–Kier alpha value is -3.72.